The molecule has 0 aliphatic carbocycles. The van der Waals surface area contributed by atoms with Crippen LogP contribution >= 0.6 is 0 Å². The highest BCUT2D eigenvalue weighted by molar-refractivity contribution is 5.67. The molecule has 2 atom stereocenters. The number of rotatable bonds is 3. The Labute approximate surface area is 154 Å². The van der Waals surface area contributed by atoms with Crippen molar-refractivity contribution in [3.05, 3.63) is 48.2 Å². The van der Waals surface area contributed by atoms with E-state index in [0.717, 1.165) is 35.8 Å². The van der Waals surface area contributed by atoms with Gasteiger partial charge in [-0.15, -0.1) is 5.10 Å². The van der Waals surface area contributed by atoms with Crippen LogP contribution in [0.25, 0.3) is 16.9 Å². The molecule has 1 aromatic carbocycles. The van der Waals surface area contributed by atoms with Crippen molar-refractivity contribution in [1.82, 2.24) is 19.5 Å². The molecule has 0 unspecified atom stereocenters. The van der Waals surface area contributed by atoms with E-state index in [-0.39, 0.29) is 0 Å². The number of hydrogen-bond donors (Lipinski definition) is 0. The predicted molar refractivity (Wildman–Crippen MR) is 105 cm³/mol. The van der Waals surface area contributed by atoms with Crippen molar-refractivity contribution in [2.45, 2.75) is 38.3 Å². The van der Waals surface area contributed by atoms with Crippen molar-refractivity contribution in [3.8, 4) is 11.3 Å². The van der Waals surface area contributed by atoms with E-state index >= 15 is 0 Å². The van der Waals surface area contributed by atoms with Gasteiger partial charge in [-0.3, -0.25) is 4.90 Å². The Morgan fingerprint density at radius 1 is 1.00 bits per heavy atom. The number of piperazine rings is 1. The number of nitrogens with zero attached hydrogens (tertiary/aromatic N) is 5. The Morgan fingerprint density at radius 2 is 1.81 bits per heavy atom. The monoisotopic (exact) mass is 347 g/mol. The van der Waals surface area contributed by atoms with Gasteiger partial charge < -0.3 is 4.90 Å². The van der Waals surface area contributed by atoms with Gasteiger partial charge in [-0.1, -0.05) is 44.2 Å². The lowest BCUT2D eigenvalue weighted by molar-refractivity contribution is 0.292. The number of fused-ring (bicyclic) bond motifs is 3. The number of benzene rings is 1. The molecular formula is C21H25N5. The first kappa shape index (κ1) is 15.8. The molecule has 0 spiro atoms. The molecule has 0 amide bonds. The molecule has 3 aromatic rings. The summed E-state index contributed by atoms with van der Waals surface area (Å²) in [4.78, 5) is 9.86. The summed E-state index contributed by atoms with van der Waals surface area (Å²) in [7, 11) is 2.23. The van der Waals surface area contributed by atoms with Crippen molar-refractivity contribution in [1.29, 1.82) is 0 Å². The van der Waals surface area contributed by atoms with Crippen LogP contribution in [-0.2, 0) is 0 Å². The minimum Gasteiger partial charge on any atom is -0.349 e. The van der Waals surface area contributed by atoms with E-state index in [1.807, 2.05) is 6.07 Å². The predicted octanol–water partition coefficient (Wildman–Crippen LogP) is 3.41. The summed E-state index contributed by atoms with van der Waals surface area (Å²) in [5.41, 5.74) is 4.32. The van der Waals surface area contributed by atoms with Gasteiger partial charge >= 0.3 is 0 Å². The number of aromatic nitrogens is 3. The second-order valence-electron chi connectivity index (χ2n) is 7.96. The first-order valence-electron chi connectivity index (χ1n) is 9.54. The summed E-state index contributed by atoms with van der Waals surface area (Å²) in [5, 5.41) is 5.03. The molecule has 2 saturated heterocycles. The van der Waals surface area contributed by atoms with Gasteiger partial charge in [0.15, 0.2) is 5.65 Å². The zero-order chi connectivity index (χ0) is 17.8. The smallest absolute Gasteiger partial charge is 0.154 e. The van der Waals surface area contributed by atoms with Crippen LogP contribution in [0.15, 0.2) is 42.5 Å². The van der Waals surface area contributed by atoms with Gasteiger partial charge in [0, 0.05) is 30.7 Å². The van der Waals surface area contributed by atoms with Gasteiger partial charge in [-0.2, -0.15) is 0 Å². The molecule has 2 bridgehead atoms. The number of hydrogen-bond acceptors (Lipinski definition) is 4. The molecule has 5 rings (SSSR count). The molecule has 2 aromatic heterocycles. The molecule has 26 heavy (non-hydrogen) atoms. The van der Waals surface area contributed by atoms with E-state index < -0.39 is 0 Å². The maximum atomic E-state index is 5.03. The van der Waals surface area contributed by atoms with Gasteiger partial charge in [0.05, 0.1) is 11.4 Å². The van der Waals surface area contributed by atoms with E-state index in [2.05, 4.69) is 71.6 Å². The van der Waals surface area contributed by atoms with Gasteiger partial charge in [0.2, 0.25) is 0 Å². The van der Waals surface area contributed by atoms with Crippen LogP contribution in [-0.4, -0.2) is 51.7 Å². The van der Waals surface area contributed by atoms with Crippen LogP contribution in [0, 0.1) is 0 Å². The van der Waals surface area contributed by atoms with Gasteiger partial charge in [0.1, 0.15) is 5.82 Å². The molecule has 4 heterocycles. The minimum atomic E-state index is 0.351. The molecule has 0 radical (unpaired) electrons. The first-order chi connectivity index (χ1) is 12.6. The number of likely N-dealkylation sites (tertiary alicyclic amines) is 1. The molecule has 2 aliphatic heterocycles. The standard InChI is InChI=1S/C21H25N5/c1-14(2)21-20(15-7-5-4-6-8-15)22-18-9-10-19(23-26(18)21)25-13-16-11-17(25)12-24(16)3/h4-10,14,16-17H,11-13H2,1-3H3/t16-,17-/m1/s1. The zero-order valence-electron chi connectivity index (χ0n) is 15.6. The molecule has 2 fully saturated rings. The Morgan fingerprint density at radius 3 is 2.46 bits per heavy atom. The second-order valence-corrected chi connectivity index (χ2v) is 7.96. The molecule has 2 aliphatic rings. The van der Waals surface area contributed by atoms with Crippen molar-refractivity contribution in [2.24, 2.45) is 0 Å². The Hall–Kier alpha value is -2.40. The third kappa shape index (κ3) is 2.34. The van der Waals surface area contributed by atoms with Crippen molar-refractivity contribution < 1.29 is 0 Å². The topological polar surface area (TPSA) is 36.7 Å². The quantitative estimate of drug-likeness (QED) is 0.727. The Kier molecular flexibility index (Phi) is 3.54. The fourth-order valence-corrected chi connectivity index (χ4v) is 4.57. The molecule has 5 nitrogen and oxygen atoms in total. The SMILES string of the molecule is CC(C)c1c(-c2ccccc2)nc2ccc(N3C[C@H]4C[C@@H]3CN4C)nn12. The van der Waals surface area contributed by atoms with Crippen LogP contribution in [0.5, 0.6) is 0 Å². The highest BCUT2D eigenvalue weighted by Crippen LogP contribution is 2.34. The fourth-order valence-electron chi connectivity index (χ4n) is 4.57. The van der Waals surface area contributed by atoms with Crippen LogP contribution in [0.1, 0.15) is 31.9 Å². The van der Waals surface area contributed by atoms with E-state index in [0.29, 0.717) is 18.0 Å². The fraction of sp³-hybridized carbons (Fsp3) is 0.429. The normalized spacial score (nSPS) is 22.8. The Balaban J connectivity index is 1.61. The highest BCUT2D eigenvalue weighted by atomic mass is 15.4. The number of imidazole rings is 1. The molecule has 0 N–H and O–H groups in total. The minimum absolute atomic E-state index is 0.351. The largest absolute Gasteiger partial charge is 0.349 e. The van der Waals surface area contributed by atoms with E-state index in [1.54, 1.807) is 0 Å². The maximum Gasteiger partial charge on any atom is 0.154 e. The van der Waals surface area contributed by atoms with Gasteiger partial charge in [-0.05, 0) is 31.5 Å². The third-order valence-electron chi connectivity index (χ3n) is 5.90. The maximum absolute atomic E-state index is 5.03. The molecule has 5 heteroatoms. The van der Waals surface area contributed by atoms with Crippen LogP contribution < -0.4 is 4.90 Å². The average molecular weight is 347 g/mol. The number of likely N-dealkylation sites (N-methyl/N-ethyl adjacent to an activating group) is 1. The summed E-state index contributed by atoms with van der Waals surface area (Å²) < 4.78 is 2.07. The summed E-state index contributed by atoms with van der Waals surface area (Å²) in [6.07, 6.45) is 1.26. The highest BCUT2D eigenvalue weighted by Gasteiger charge is 2.42. The lowest BCUT2D eigenvalue weighted by atomic mass is 10.0. The van der Waals surface area contributed by atoms with E-state index in [9.17, 15) is 0 Å². The van der Waals surface area contributed by atoms with Gasteiger partial charge in [0.25, 0.3) is 0 Å². The van der Waals surface area contributed by atoms with E-state index in [4.69, 9.17) is 10.1 Å². The Bertz CT molecular complexity index is 944. The summed E-state index contributed by atoms with van der Waals surface area (Å²) >= 11 is 0. The van der Waals surface area contributed by atoms with Crippen molar-refractivity contribution in [2.75, 3.05) is 25.0 Å². The number of anilines is 1. The van der Waals surface area contributed by atoms with Crippen LogP contribution in [0.4, 0.5) is 5.82 Å². The van der Waals surface area contributed by atoms with Crippen molar-refractivity contribution >= 4 is 11.5 Å². The van der Waals surface area contributed by atoms with Crippen LogP contribution in [0.3, 0.4) is 0 Å². The summed E-state index contributed by atoms with van der Waals surface area (Å²) in [6.45, 7) is 6.66. The first-order valence-corrected chi connectivity index (χ1v) is 9.54. The average Bonchev–Trinajstić information content (AvgIpc) is 3.32. The summed E-state index contributed by atoms with van der Waals surface area (Å²) in [5.74, 6) is 1.43. The lowest BCUT2D eigenvalue weighted by Crippen LogP contribution is -2.45. The van der Waals surface area contributed by atoms with E-state index in [1.165, 1.54) is 12.1 Å². The molecule has 134 valence electrons. The second kappa shape index (κ2) is 5.81. The van der Waals surface area contributed by atoms with Gasteiger partial charge in [-0.25, -0.2) is 9.50 Å². The molecule has 0 saturated carbocycles. The third-order valence-corrected chi connectivity index (χ3v) is 5.90. The summed E-state index contributed by atoms with van der Waals surface area (Å²) in [6, 6.07) is 16.0. The van der Waals surface area contributed by atoms with Crippen LogP contribution in [0.2, 0.25) is 0 Å². The lowest BCUT2D eigenvalue weighted by Gasteiger charge is -2.32. The zero-order valence-corrected chi connectivity index (χ0v) is 15.6. The molecular weight excluding hydrogens is 322 g/mol. The van der Waals surface area contributed by atoms with Crippen molar-refractivity contribution in [3.63, 3.8) is 0 Å².